The summed E-state index contributed by atoms with van der Waals surface area (Å²) in [4.78, 5) is 15.5. The molecule has 0 unspecified atom stereocenters. The number of aromatic nitrogens is 3. The molecule has 32 heavy (non-hydrogen) atoms. The van der Waals surface area contributed by atoms with Gasteiger partial charge in [0.15, 0.2) is 0 Å². The predicted molar refractivity (Wildman–Crippen MR) is 130 cm³/mol. The van der Waals surface area contributed by atoms with Crippen molar-refractivity contribution < 1.29 is 4.74 Å². The molecule has 2 N–H and O–H groups in total. The van der Waals surface area contributed by atoms with Crippen molar-refractivity contribution in [1.82, 2.24) is 15.0 Å². The van der Waals surface area contributed by atoms with Crippen molar-refractivity contribution >= 4 is 64.5 Å². The predicted octanol–water partition coefficient (Wildman–Crippen LogP) is 5.17. The summed E-state index contributed by atoms with van der Waals surface area (Å²) in [5.41, 5.74) is 5.31. The molecule has 0 aliphatic carbocycles. The lowest BCUT2D eigenvalue weighted by Gasteiger charge is -2.27. The molecule has 2 aromatic carbocycles. The van der Waals surface area contributed by atoms with E-state index in [1.165, 1.54) is 0 Å². The molecule has 1 aliphatic heterocycles. The minimum absolute atomic E-state index is 0.281. The standard InChI is InChI=1S/C21H20Cl3N7O/c1-13-2-5-16(11-17(13)23)26-19-27-20(29-21(28-19)31-6-8-32-9-7-31)30-25-12-14-3-4-15(22)10-18(14)24/h2-5,10-12H,6-9H2,1H3,(H2,26,27,28,29,30). The summed E-state index contributed by atoms with van der Waals surface area (Å²) in [5.74, 6) is 1.17. The van der Waals surface area contributed by atoms with Crippen LogP contribution >= 0.6 is 34.8 Å². The number of hydrogen-bond donors (Lipinski definition) is 2. The number of morpholine rings is 1. The third-order valence-corrected chi connectivity index (χ3v) is 5.65. The van der Waals surface area contributed by atoms with Gasteiger partial charge < -0.3 is 15.0 Å². The fourth-order valence-corrected chi connectivity index (χ4v) is 3.58. The Morgan fingerprint density at radius 3 is 2.50 bits per heavy atom. The molecule has 4 rings (SSSR count). The Morgan fingerprint density at radius 2 is 1.75 bits per heavy atom. The highest BCUT2D eigenvalue weighted by molar-refractivity contribution is 6.36. The highest BCUT2D eigenvalue weighted by Crippen LogP contribution is 2.24. The van der Waals surface area contributed by atoms with Gasteiger partial charge in [-0.1, -0.05) is 46.9 Å². The Morgan fingerprint density at radius 1 is 0.969 bits per heavy atom. The lowest BCUT2D eigenvalue weighted by molar-refractivity contribution is 0.122. The van der Waals surface area contributed by atoms with E-state index in [0.717, 1.165) is 11.3 Å². The van der Waals surface area contributed by atoms with Crippen LogP contribution < -0.4 is 15.6 Å². The lowest BCUT2D eigenvalue weighted by Crippen LogP contribution is -2.37. The van der Waals surface area contributed by atoms with E-state index in [1.807, 2.05) is 30.0 Å². The Hall–Kier alpha value is -2.65. The smallest absolute Gasteiger partial charge is 0.250 e. The first-order chi connectivity index (χ1) is 15.5. The van der Waals surface area contributed by atoms with E-state index in [0.29, 0.717) is 58.8 Å². The zero-order valence-corrected chi connectivity index (χ0v) is 19.4. The van der Waals surface area contributed by atoms with Gasteiger partial charge in [-0.3, -0.25) is 0 Å². The van der Waals surface area contributed by atoms with Crippen LogP contribution in [0.4, 0.5) is 23.5 Å². The summed E-state index contributed by atoms with van der Waals surface area (Å²) < 4.78 is 5.43. The van der Waals surface area contributed by atoms with Gasteiger partial charge in [-0.05, 0) is 36.8 Å². The molecule has 0 bridgehead atoms. The van der Waals surface area contributed by atoms with Crippen LogP contribution in [-0.4, -0.2) is 47.5 Å². The molecule has 1 saturated heterocycles. The Labute approximate surface area is 200 Å². The van der Waals surface area contributed by atoms with Crippen molar-refractivity contribution in [2.75, 3.05) is 41.9 Å². The zero-order valence-electron chi connectivity index (χ0n) is 17.1. The van der Waals surface area contributed by atoms with Crippen molar-refractivity contribution in [3.05, 3.63) is 62.6 Å². The fourth-order valence-electron chi connectivity index (χ4n) is 2.94. The lowest BCUT2D eigenvalue weighted by atomic mass is 10.2. The highest BCUT2D eigenvalue weighted by Gasteiger charge is 2.17. The molecule has 166 valence electrons. The number of hydrazone groups is 1. The first-order valence-corrected chi connectivity index (χ1v) is 11.0. The summed E-state index contributed by atoms with van der Waals surface area (Å²) in [5, 5.41) is 9.10. The average Bonchev–Trinajstić information content (AvgIpc) is 2.78. The maximum Gasteiger partial charge on any atom is 0.250 e. The van der Waals surface area contributed by atoms with Crippen molar-refractivity contribution in [3.8, 4) is 0 Å². The minimum Gasteiger partial charge on any atom is -0.378 e. The first-order valence-electron chi connectivity index (χ1n) is 9.84. The normalized spacial score (nSPS) is 14.1. The molecule has 0 atom stereocenters. The number of nitrogens with zero attached hydrogens (tertiary/aromatic N) is 5. The number of rotatable bonds is 6. The van der Waals surface area contributed by atoms with Crippen LogP contribution in [0.2, 0.25) is 15.1 Å². The van der Waals surface area contributed by atoms with Crippen LogP contribution in [0, 0.1) is 6.92 Å². The number of benzene rings is 2. The number of halogens is 3. The summed E-state index contributed by atoms with van der Waals surface area (Å²) >= 11 is 18.4. The number of nitrogens with one attached hydrogen (secondary N) is 2. The second-order valence-electron chi connectivity index (χ2n) is 7.01. The molecule has 1 aliphatic rings. The summed E-state index contributed by atoms with van der Waals surface area (Å²) in [6, 6.07) is 10.8. The van der Waals surface area contributed by atoms with Crippen molar-refractivity contribution in [1.29, 1.82) is 0 Å². The van der Waals surface area contributed by atoms with Gasteiger partial charge in [0.2, 0.25) is 17.8 Å². The molecule has 1 fully saturated rings. The topological polar surface area (TPSA) is 87.6 Å². The summed E-state index contributed by atoms with van der Waals surface area (Å²) in [6.07, 6.45) is 1.57. The van der Waals surface area contributed by atoms with E-state index in [-0.39, 0.29) is 5.95 Å². The zero-order chi connectivity index (χ0) is 22.5. The molecular formula is C21H20Cl3N7O. The van der Waals surface area contributed by atoms with E-state index in [1.54, 1.807) is 24.4 Å². The van der Waals surface area contributed by atoms with Gasteiger partial charge in [0.1, 0.15) is 0 Å². The highest BCUT2D eigenvalue weighted by atomic mass is 35.5. The van der Waals surface area contributed by atoms with Crippen LogP contribution in [0.15, 0.2) is 41.5 Å². The number of hydrogen-bond acceptors (Lipinski definition) is 8. The van der Waals surface area contributed by atoms with Crippen LogP contribution in [0.3, 0.4) is 0 Å². The SMILES string of the molecule is Cc1ccc(Nc2nc(NN=Cc3ccc(Cl)cc3Cl)nc(N3CCOCC3)n2)cc1Cl. The average molecular weight is 493 g/mol. The summed E-state index contributed by atoms with van der Waals surface area (Å²) in [7, 11) is 0. The molecule has 3 aromatic rings. The minimum atomic E-state index is 0.281. The van der Waals surface area contributed by atoms with Crippen molar-refractivity contribution in [3.63, 3.8) is 0 Å². The van der Waals surface area contributed by atoms with Gasteiger partial charge in [-0.25, -0.2) is 5.43 Å². The van der Waals surface area contributed by atoms with Gasteiger partial charge in [-0.15, -0.1) is 0 Å². The van der Waals surface area contributed by atoms with Gasteiger partial charge in [0.25, 0.3) is 0 Å². The third-order valence-electron chi connectivity index (χ3n) is 4.68. The van der Waals surface area contributed by atoms with Crippen LogP contribution in [0.5, 0.6) is 0 Å². The molecule has 0 spiro atoms. The maximum absolute atomic E-state index is 6.25. The Balaban J connectivity index is 1.58. The quantitative estimate of drug-likeness (QED) is 0.363. The first kappa shape index (κ1) is 22.5. The van der Waals surface area contributed by atoms with Gasteiger partial charge in [0.05, 0.1) is 24.5 Å². The van der Waals surface area contributed by atoms with Crippen LogP contribution in [-0.2, 0) is 4.74 Å². The molecule has 8 nitrogen and oxygen atoms in total. The van der Waals surface area contributed by atoms with Gasteiger partial charge >= 0.3 is 0 Å². The number of ether oxygens (including phenoxy) is 1. The fraction of sp³-hybridized carbons (Fsp3) is 0.238. The molecule has 11 heteroatoms. The number of aryl methyl sites for hydroxylation is 1. The van der Waals surface area contributed by atoms with Crippen molar-refractivity contribution in [2.24, 2.45) is 5.10 Å². The summed E-state index contributed by atoms with van der Waals surface area (Å²) in [6.45, 7) is 4.53. The second kappa shape index (κ2) is 10.3. The molecular weight excluding hydrogens is 473 g/mol. The van der Waals surface area contributed by atoms with E-state index in [2.05, 4.69) is 30.8 Å². The molecule has 0 radical (unpaired) electrons. The van der Waals surface area contributed by atoms with E-state index in [4.69, 9.17) is 39.5 Å². The Kier molecular flexibility index (Phi) is 7.26. The molecule has 0 amide bonds. The largest absolute Gasteiger partial charge is 0.378 e. The van der Waals surface area contributed by atoms with Crippen LogP contribution in [0.25, 0.3) is 0 Å². The monoisotopic (exact) mass is 491 g/mol. The maximum atomic E-state index is 6.25. The molecule has 2 heterocycles. The van der Waals surface area contributed by atoms with E-state index >= 15 is 0 Å². The molecule has 0 saturated carbocycles. The molecule has 1 aromatic heterocycles. The van der Waals surface area contributed by atoms with Gasteiger partial charge in [0, 0.05) is 34.4 Å². The number of anilines is 4. The van der Waals surface area contributed by atoms with E-state index in [9.17, 15) is 0 Å². The third kappa shape index (κ3) is 5.77. The Bertz CT molecular complexity index is 1140. The van der Waals surface area contributed by atoms with Gasteiger partial charge in [-0.2, -0.15) is 20.1 Å². The second-order valence-corrected chi connectivity index (χ2v) is 8.26. The van der Waals surface area contributed by atoms with E-state index < -0.39 is 0 Å². The van der Waals surface area contributed by atoms with Crippen molar-refractivity contribution in [2.45, 2.75) is 6.92 Å². The van der Waals surface area contributed by atoms with Crippen LogP contribution in [0.1, 0.15) is 11.1 Å².